The van der Waals surface area contributed by atoms with E-state index in [2.05, 4.69) is 20.8 Å². The molecule has 5 nitrogen and oxygen atoms in total. The Morgan fingerprint density at radius 1 is 0.889 bits per heavy atom. The van der Waals surface area contributed by atoms with E-state index in [1.165, 1.54) is 30.3 Å². The van der Waals surface area contributed by atoms with Gasteiger partial charge in [0.2, 0.25) is 0 Å². The summed E-state index contributed by atoms with van der Waals surface area (Å²) in [6, 6.07) is 12.3. The van der Waals surface area contributed by atoms with E-state index in [4.69, 9.17) is 0 Å². The van der Waals surface area contributed by atoms with Crippen molar-refractivity contribution in [1.82, 2.24) is 15.5 Å². The number of amides is 1. The van der Waals surface area contributed by atoms with Crippen molar-refractivity contribution in [3.63, 3.8) is 0 Å². The zero-order valence-electron chi connectivity index (χ0n) is 14.0. The zero-order valence-corrected chi connectivity index (χ0v) is 14.0. The van der Waals surface area contributed by atoms with Crippen LogP contribution in [0, 0.1) is 17.5 Å². The van der Waals surface area contributed by atoms with Crippen molar-refractivity contribution in [3.8, 4) is 0 Å². The minimum atomic E-state index is -0.764. The van der Waals surface area contributed by atoms with Crippen LogP contribution in [0.3, 0.4) is 0 Å². The number of nitrogens with zero attached hydrogens (tertiary/aromatic N) is 2. The molecule has 2 N–H and O–H groups in total. The average molecular weight is 372 g/mol. The molecule has 2 aromatic carbocycles. The van der Waals surface area contributed by atoms with Crippen LogP contribution in [0.1, 0.15) is 16.1 Å². The fourth-order valence-corrected chi connectivity index (χ4v) is 2.33. The van der Waals surface area contributed by atoms with E-state index in [1.54, 1.807) is 12.1 Å². The summed E-state index contributed by atoms with van der Waals surface area (Å²) in [6.07, 6.45) is 0.533. The third kappa shape index (κ3) is 4.81. The molecule has 3 aromatic rings. The van der Waals surface area contributed by atoms with Gasteiger partial charge in [0.15, 0.2) is 11.5 Å². The summed E-state index contributed by atoms with van der Waals surface area (Å²) in [4.78, 5) is 12.1. The minimum absolute atomic E-state index is 0.0636. The molecule has 0 bridgehead atoms. The van der Waals surface area contributed by atoms with Crippen molar-refractivity contribution < 1.29 is 18.0 Å². The van der Waals surface area contributed by atoms with E-state index in [9.17, 15) is 18.0 Å². The van der Waals surface area contributed by atoms with Crippen molar-refractivity contribution in [2.45, 2.75) is 6.42 Å². The molecule has 0 atom stereocenters. The summed E-state index contributed by atoms with van der Waals surface area (Å²) in [5, 5.41) is 12.7. The Kier molecular flexibility index (Phi) is 5.65. The molecule has 0 saturated carbocycles. The molecule has 0 fully saturated rings. The van der Waals surface area contributed by atoms with Gasteiger partial charge >= 0.3 is 0 Å². The largest absolute Gasteiger partial charge is 0.350 e. The van der Waals surface area contributed by atoms with Crippen LogP contribution in [0.4, 0.5) is 24.7 Å². The Morgan fingerprint density at radius 2 is 1.59 bits per heavy atom. The number of rotatable bonds is 6. The number of para-hydroxylation sites is 1. The lowest BCUT2D eigenvalue weighted by molar-refractivity contribution is 0.0948. The minimum Gasteiger partial charge on any atom is -0.350 e. The van der Waals surface area contributed by atoms with Crippen LogP contribution in [0.5, 0.6) is 0 Å². The fourth-order valence-electron chi connectivity index (χ4n) is 2.33. The number of hydrogen-bond acceptors (Lipinski definition) is 4. The van der Waals surface area contributed by atoms with Gasteiger partial charge in [-0.05, 0) is 48.4 Å². The second-order valence-corrected chi connectivity index (χ2v) is 5.66. The van der Waals surface area contributed by atoms with Crippen molar-refractivity contribution in [1.29, 1.82) is 0 Å². The summed E-state index contributed by atoms with van der Waals surface area (Å²) in [7, 11) is 0. The normalized spacial score (nSPS) is 10.5. The van der Waals surface area contributed by atoms with Crippen LogP contribution < -0.4 is 10.6 Å². The highest BCUT2D eigenvalue weighted by Crippen LogP contribution is 2.21. The molecule has 0 radical (unpaired) electrons. The third-order valence-electron chi connectivity index (χ3n) is 3.73. The molecule has 3 rings (SSSR count). The summed E-state index contributed by atoms with van der Waals surface area (Å²) >= 11 is 0. The van der Waals surface area contributed by atoms with Crippen molar-refractivity contribution in [3.05, 3.63) is 83.3 Å². The molecule has 0 aliphatic heterocycles. The maximum absolute atomic E-state index is 13.6. The number of anilines is 2. The van der Waals surface area contributed by atoms with Crippen LogP contribution >= 0.6 is 0 Å². The van der Waals surface area contributed by atoms with Gasteiger partial charge in [-0.3, -0.25) is 4.79 Å². The molecule has 0 saturated heterocycles. The van der Waals surface area contributed by atoms with Gasteiger partial charge in [-0.15, -0.1) is 10.2 Å². The SMILES string of the molecule is O=C(NCCc1ccc(F)cc1)c1ccc(Nc2c(F)cccc2F)nn1. The molecule has 1 heterocycles. The summed E-state index contributed by atoms with van der Waals surface area (Å²) in [5.41, 5.74) is 0.603. The van der Waals surface area contributed by atoms with Gasteiger partial charge in [0.25, 0.3) is 5.91 Å². The highest BCUT2D eigenvalue weighted by atomic mass is 19.1. The van der Waals surface area contributed by atoms with Crippen LogP contribution in [0.2, 0.25) is 0 Å². The van der Waals surface area contributed by atoms with Crippen molar-refractivity contribution in [2.24, 2.45) is 0 Å². The lowest BCUT2D eigenvalue weighted by atomic mass is 10.1. The number of hydrogen-bond donors (Lipinski definition) is 2. The number of aromatic nitrogens is 2. The van der Waals surface area contributed by atoms with E-state index in [0.717, 1.165) is 17.7 Å². The first kappa shape index (κ1) is 18.4. The van der Waals surface area contributed by atoms with E-state index in [0.29, 0.717) is 13.0 Å². The Balaban J connectivity index is 1.56. The smallest absolute Gasteiger partial charge is 0.271 e. The summed E-state index contributed by atoms with van der Waals surface area (Å²) in [5.74, 6) is -2.18. The van der Waals surface area contributed by atoms with Crippen molar-refractivity contribution >= 4 is 17.4 Å². The second-order valence-electron chi connectivity index (χ2n) is 5.66. The predicted molar refractivity (Wildman–Crippen MR) is 94.1 cm³/mol. The van der Waals surface area contributed by atoms with Gasteiger partial charge in [-0.1, -0.05) is 18.2 Å². The molecular formula is C19H15F3N4O. The van der Waals surface area contributed by atoms with Gasteiger partial charge in [-0.2, -0.15) is 0 Å². The lowest BCUT2D eigenvalue weighted by Crippen LogP contribution is -2.26. The molecule has 8 heteroatoms. The monoisotopic (exact) mass is 372 g/mol. The zero-order chi connectivity index (χ0) is 19.2. The van der Waals surface area contributed by atoms with Gasteiger partial charge in [-0.25, -0.2) is 13.2 Å². The molecule has 0 spiro atoms. The summed E-state index contributed by atoms with van der Waals surface area (Å²) in [6.45, 7) is 0.340. The highest BCUT2D eigenvalue weighted by molar-refractivity contribution is 5.92. The maximum Gasteiger partial charge on any atom is 0.271 e. The molecule has 1 amide bonds. The average Bonchev–Trinajstić information content (AvgIpc) is 2.67. The third-order valence-corrected chi connectivity index (χ3v) is 3.73. The molecule has 0 unspecified atom stereocenters. The lowest BCUT2D eigenvalue weighted by Gasteiger charge is -2.08. The van der Waals surface area contributed by atoms with E-state index < -0.39 is 17.5 Å². The van der Waals surface area contributed by atoms with Gasteiger partial charge in [0.05, 0.1) is 0 Å². The molecule has 27 heavy (non-hydrogen) atoms. The number of carbonyl (C=O) groups excluding carboxylic acids is 1. The van der Waals surface area contributed by atoms with E-state index in [-0.39, 0.29) is 23.0 Å². The van der Waals surface area contributed by atoms with E-state index >= 15 is 0 Å². The number of nitrogens with one attached hydrogen (secondary N) is 2. The fraction of sp³-hybridized carbons (Fsp3) is 0.105. The molecule has 1 aromatic heterocycles. The van der Waals surface area contributed by atoms with Crippen LogP contribution in [-0.4, -0.2) is 22.6 Å². The van der Waals surface area contributed by atoms with E-state index in [1.807, 2.05) is 0 Å². The molecule has 138 valence electrons. The summed E-state index contributed by atoms with van der Waals surface area (Å²) < 4.78 is 40.1. The predicted octanol–water partition coefficient (Wildman–Crippen LogP) is 3.61. The number of carbonyl (C=O) groups is 1. The Labute approximate surface area is 153 Å². The molecule has 0 aliphatic rings. The Morgan fingerprint density at radius 3 is 2.22 bits per heavy atom. The standard InChI is InChI=1S/C19H15F3N4O/c20-13-6-4-12(5-7-13)10-11-23-19(27)16-8-9-17(26-25-16)24-18-14(21)2-1-3-15(18)22/h1-9H,10-11H2,(H,23,27)(H,24,26). The van der Waals surface area contributed by atoms with Gasteiger partial charge in [0, 0.05) is 6.54 Å². The second kappa shape index (κ2) is 8.31. The maximum atomic E-state index is 13.6. The van der Waals surface area contributed by atoms with Crippen LogP contribution in [-0.2, 0) is 6.42 Å². The van der Waals surface area contributed by atoms with Gasteiger partial charge < -0.3 is 10.6 Å². The first-order valence-corrected chi connectivity index (χ1v) is 8.10. The Hall–Kier alpha value is -3.42. The number of halogens is 3. The van der Waals surface area contributed by atoms with Gasteiger partial charge in [0.1, 0.15) is 23.1 Å². The van der Waals surface area contributed by atoms with Crippen LogP contribution in [0.25, 0.3) is 0 Å². The highest BCUT2D eigenvalue weighted by Gasteiger charge is 2.11. The van der Waals surface area contributed by atoms with Crippen molar-refractivity contribution in [2.75, 3.05) is 11.9 Å². The molecule has 0 aliphatic carbocycles. The Bertz CT molecular complexity index is 910. The molecular weight excluding hydrogens is 357 g/mol. The van der Waals surface area contributed by atoms with Crippen LogP contribution in [0.15, 0.2) is 54.6 Å². The number of benzene rings is 2. The quantitative estimate of drug-likeness (QED) is 0.694. The topological polar surface area (TPSA) is 66.9 Å². The first-order valence-electron chi connectivity index (χ1n) is 8.10. The first-order chi connectivity index (χ1) is 13.0.